The van der Waals surface area contributed by atoms with Gasteiger partial charge in [0.25, 0.3) is 0 Å². The Hall–Kier alpha value is -2.43. The summed E-state index contributed by atoms with van der Waals surface area (Å²) in [6.45, 7) is 0.739. The van der Waals surface area contributed by atoms with Crippen LogP contribution in [0, 0.1) is 5.82 Å². The van der Waals surface area contributed by atoms with E-state index in [1.807, 2.05) is 18.2 Å². The highest BCUT2D eigenvalue weighted by atomic mass is 19.1. The first-order valence-electron chi connectivity index (χ1n) is 6.22. The van der Waals surface area contributed by atoms with Crippen LogP contribution in [0.25, 0.3) is 0 Å². The molecule has 1 heterocycles. The molecule has 2 aromatic carbocycles. The summed E-state index contributed by atoms with van der Waals surface area (Å²) in [5.41, 5.74) is 1.69. The van der Waals surface area contributed by atoms with Crippen molar-refractivity contribution in [1.82, 2.24) is 0 Å². The first-order valence-corrected chi connectivity index (χ1v) is 6.22. The molecule has 0 fully saturated rings. The Morgan fingerprint density at radius 1 is 1.25 bits per heavy atom. The fourth-order valence-corrected chi connectivity index (χ4v) is 2.09. The molecule has 1 aliphatic rings. The second-order valence-electron chi connectivity index (χ2n) is 4.40. The number of hydrogen-bond donors (Lipinski definition) is 1. The summed E-state index contributed by atoms with van der Waals surface area (Å²) in [5.74, 6) is 1.66. The zero-order valence-electron chi connectivity index (χ0n) is 11.0. The number of nitrogens with one attached hydrogen (secondary N) is 1. The summed E-state index contributed by atoms with van der Waals surface area (Å²) in [7, 11) is 1.58. The van der Waals surface area contributed by atoms with E-state index in [0.29, 0.717) is 23.8 Å². The molecule has 0 saturated carbocycles. The number of benzene rings is 2. The van der Waals surface area contributed by atoms with Crippen LogP contribution in [-0.2, 0) is 6.54 Å². The number of hydrogen-bond acceptors (Lipinski definition) is 4. The molecule has 0 amide bonds. The number of halogens is 1. The number of ether oxygens (including phenoxy) is 3. The fraction of sp³-hybridized carbons (Fsp3) is 0.200. The molecule has 0 aliphatic carbocycles. The molecule has 3 rings (SSSR count). The van der Waals surface area contributed by atoms with Crippen LogP contribution in [0.3, 0.4) is 0 Å². The van der Waals surface area contributed by atoms with Gasteiger partial charge in [0, 0.05) is 12.2 Å². The van der Waals surface area contributed by atoms with Crippen LogP contribution in [0.15, 0.2) is 36.4 Å². The molecule has 1 N–H and O–H groups in total. The molecule has 20 heavy (non-hydrogen) atoms. The monoisotopic (exact) mass is 275 g/mol. The van der Waals surface area contributed by atoms with Crippen LogP contribution >= 0.6 is 0 Å². The number of fused-ring (bicyclic) bond motifs is 1. The summed E-state index contributed by atoms with van der Waals surface area (Å²) >= 11 is 0. The van der Waals surface area contributed by atoms with Crippen molar-refractivity contribution in [2.45, 2.75) is 6.54 Å². The van der Waals surface area contributed by atoms with E-state index in [9.17, 15) is 4.39 Å². The highest BCUT2D eigenvalue weighted by Gasteiger charge is 2.19. The van der Waals surface area contributed by atoms with Crippen molar-refractivity contribution in [2.75, 3.05) is 19.2 Å². The smallest absolute Gasteiger partial charge is 0.231 e. The topological polar surface area (TPSA) is 39.7 Å². The van der Waals surface area contributed by atoms with Gasteiger partial charge >= 0.3 is 0 Å². The molecule has 0 bridgehead atoms. The number of rotatable bonds is 4. The molecule has 5 heteroatoms. The maximum Gasteiger partial charge on any atom is 0.231 e. The number of methoxy groups -OCH3 is 1. The van der Waals surface area contributed by atoms with E-state index >= 15 is 0 Å². The van der Waals surface area contributed by atoms with Crippen LogP contribution in [0.4, 0.5) is 10.1 Å². The van der Waals surface area contributed by atoms with E-state index < -0.39 is 0 Å². The highest BCUT2D eigenvalue weighted by molar-refractivity contribution is 5.55. The summed E-state index contributed by atoms with van der Waals surface area (Å²) in [6, 6.07) is 10.1. The maximum atomic E-state index is 13.1. The SMILES string of the molecule is COc1cc(CNc2cccc(F)c2)cc2c1OCO2. The van der Waals surface area contributed by atoms with Crippen LogP contribution in [-0.4, -0.2) is 13.9 Å². The standard InChI is InChI=1S/C15H14FNO3/c1-18-13-5-10(6-14-15(13)20-9-19-14)8-17-12-4-2-3-11(16)7-12/h2-7,17H,8-9H2,1H3. The third kappa shape index (κ3) is 2.47. The van der Waals surface area contributed by atoms with Crippen LogP contribution in [0.2, 0.25) is 0 Å². The van der Waals surface area contributed by atoms with Gasteiger partial charge in [0.1, 0.15) is 5.82 Å². The van der Waals surface area contributed by atoms with Crippen LogP contribution in [0.1, 0.15) is 5.56 Å². The zero-order chi connectivity index (χ0) is 13.9. The molecule has 0 unspecified atom stereocenters. The second kappa shape index (κ2) is 5.28. The van der Waals surface area contributed by atoms with Gasteiger partial charge in [-0.3, -0.25) is 0 Å². The Morgan fingerprint density at radius 3 is 2.95 bits per heavy atom. The first-order chi connectivity index (χ1) is 9.76. The average Bonchev–Trinajstić information content (AvgIpc) is 2.92. The summed E-state index contributed by atoms with van der Waals surface area (Å²) in [6.07, 6.45) is 0. The van der Waals surface area contributed by atoms with Crippen molar-refractivity contribution in [3.63, 3.8) is 0 Å². The molecule has 104 valence electrons. The Morgan fingerprint density at radius 2 is 2.15 bits per heavy atom. The Labute approximate surface area is 116 Å². The summed E-state index contributed by atoms with van der Waals surface area (Å²) in [4.78, 5) is 0. The van der Waals surface area contributed by atoms with Gasteiger partial charge in [0.2, 0.25) is 12.5 Å². The van der Waals surface area contributed by atoms with E-state index in [-0.39, 0.29) is 12.6 Å². The largest absolute Gasteiger partial charge is 0.493 e. The molecule has 4 nitrogen and oxygen atoms in total. The predicted molar refractivity (Wildman–Crippen MR) is 72.8 cm³/mol. The minimum Gasteiger partial charge on any atom is -0.493 e. The summed E-state index contributed by atoms with van der Waals surface area (Å²) in [5, 5.41) is 3.15. The molecule has 0 aromatic heterocycles. The van der Waals surface area contributed by atoms with Crippen molar-refractivity contribution in [3.8, 4) is 17.2 Å². The van der Waals surface area contributed by atoms with Crippen molar-refractivity contribution >= 4 is 5.69 Å². The van der Waals surface area contributed by atoms with E-state index in [1.165, 1.54) is 12.1 Å². The Kier molecular flexibility index (Phi) is 3.33. The fourth-order valence-electron chi connectivity index (χ4n) is 2.09. The Balaban J connectivity index is 1.78. The van der Waals surface area contributed by atoms with Crippen molar-refractivity contribution in [1.29, 1.82) is 0 Å². The normalized spacial score (nSPS) is 12.3. The van der Waals surface area contributed by atoms with E-state index in [0.717, 1.165) is 11.3 Å². The van der Waals surface area contributed by atoms with Gasteiger partial charge in [-0.05, 0) is 35.9 Å². The number of anilines is 1. The lowest BCUT2D eigenvalue weighted by atomic mass is 10.1. The first kappa shape index (κ1) is 12.6. The minimum atomic E-state index is -0.265. The highest BCUT2D eigenvalue weighted by Crippen LogP contribution is 2.41. The lowest BCUT2D eigenvalue weighted by Gasteiger charge is -2.10. The second-order valence-corrected chi connectivity index (χ2v) is 4.40. The summed E-state index contributed by atoms with van der Waals surface area (Å²) < 4.78 is 29.1. The van der Waals surface area contributed by atoms with Crippen LogP contribution in [0.5, 0.6) is 17.2 Å². The molecule has 1 aliphatic heterocycles. The zero-order valence-corrected chi connectivity index (χ0v) is 11.0. The quantitative estimate of drug-likeness (QED) is 0.930. The lowest BCUT2D eigenvalue weighted by molar-refractivity contribution is 0.171. The molecule has 0 atom stereocenters. The van der Waals surface area contributed by atoms with Crippen molar-refractivity contribution in [3.05, 3.63) is 47.8 Å². The predicted octanol–water partition coefficient (Wildman–Crippen LogP) is 3.18. The molecular weight excluding hydrogens is 261 g/mol. The molecule has 0 radical (unpaired) electrons. The minimum absolute atomic E-state index is 0.201. The molecule has 0 saturated heterocycles. The molecule has 2 aromatic rings. The van der Waals surface area contributed by atoms with Gasteiger partial charge in [-0.15, -0.1) is 0 Å². The van der Waals surface area contributed by atoms with Gasteiger partial charge in [-0.25, -0.2) is 4.39 Å². The van der Waals surface area contributed by atoms with E-state index in [2.05, 4.69) is 5.32 Å². The molecule has 0 spiro atoms. The van der Waals surface area contributed by atoms with E-state index in [1.54, 1.807) is 13.2 Å². The average molecular weight is 275 g/mol. The van der Waals surface area contributed by atoms with Gasteiger partial charge in [0.15, 0.2) is 11.5 Å². The Bertz CT molecular complexity index is 631. The van der Waals surface area contributed by atoms with Gasteiger partial charge in [-0.2, -0.15) is 0 Å². The van der Waals surface area contributed by atoms with Gasteiger partial charge in [-0.1, -0.05) is 6.07 Å². The third-order valence-electron chi connectivity index (χ3n) is 3.04. The van der Waals surface area contributed by atoms with Gasteiger partial charge < -0.3 is 19.5 Å². The van der Waals surface area contributed by atoms with Crippen molar-refractivity contribution < 1.29 is 18.6 Å². The van der Waals surface area contributed by atoms with Crippen molar-refractivity contribution in [2.24, 2.45) is 0 Å². The molecular formula is C15H14FNO3. The maximum absolute atomic E-state index is 13.1. The van der Waals surface area contributed by atoms with E-state index in [4.69, 9.17) is 14.2 Å². The lowest BCUT2D eigenvalue weighted by Crippen LogP contribution is -2.00. The van der Waals surface area contributed by atoms with Gasteiger partial charge in [0.05, 0.1) is 7.11 Å². The van der Waals surface area contributed by atoms with Crippen LogP contribution < -0.4 is 19.5 Å². The third-order valence-corrected chi connectivity index (χ3v) is 3.04.